The first kappa shape index (κ1) is 11.9. The van der Waals surface area contributed by atoms with Crippen LogP contribution in [0.4, 0.5) is 5.82 Å². The number of nitrogens with zero attached hydrogens (tertiary/aromatic N) is 2. The molecule has 0 spiro atoms. The maximum atomic E-state index is 4.98. The van der Waals surface area contributed by atoms with E-state index in [2.05, 4.69) is 15.5 Å². The van der Waals surface area contributed by atoms with Gasteiger partial charge in [0, 0.05) is 20.3 Å². The van der Waals surface area contributed by atoms with Crippen LogP contribution in [0.5, 0.6) is 0 Å². The van der Waals surface area contributed by atoms with Crippen LogP contribution < -0.4 is 5.32 Å². The molecule has 1 N–H and O–H groups in total. The van der Waals surface area contributed by atoms with E-state index in [0.29, 0.717) is 0 Å². The van der Waals surface area contributed by atoms with Gasteiger partial charge in [-0.15, -0.1) is 5.10 Å². The summed E-state index contributed by atoms with van der Waals surface area (Å²) in [4.78, 5) is 0. The summed E-state index contributed by atoms with van der Waals surface area (Å²) >= 11 is 0. The minimum Gasteiger partial charge on any atom is -0.385 e. The van der Waals surface area contributed by atoms with E-state index in [1.165, 1.54) is 6.42 Å². The first-order chi connectivity index (χ1) is 7.33. The third kappa shape index (κ3) is 5.32. The second-order valence-corrected chi connectivity index (χ2v) is 3.60. The lowest BCUT2D eigenvalue weighted by Crippen LogP contribution is -2.04. The Morgan fingerprint density at radius 1 is 1.33 bits per heavy atom. The minimum atomic E-state index is 0.851. The van der Waals surface area contributed by atoms with E-state index in [4.69, 9.17) is 4.74 Å². The van der Waals surface area contributed by atoms with Crippen LogP contribution in [0.3, 0.4) is 0 Å². The van der Waals surface area contributed by atoms with Gasteiger partial charge in [-0.2, -0.15) is 5.10 Å². The molecular formula is C11H19N3O. The molecule has 0 amide bonds. The number of hydrogen-bond acceptors (Lipinski definition) is 4. The van der Waals surface area contributed by atoms with Gasteiger partial charge in [-0.05, 0) is 37.8 Å². The smallest absolute Gasteiger partial charge is 0.148 e. The summed E-state index contributed by atoms with van der Waals surface area (Å²) < 4.78 is 4.98. The molecule has 0 saturated heterocycles. The highest BCUT2D eigenvalue weighted by molar-refractivity contribution is 5.34. The fourth-order valence-corrected chi connectivity index (χ4v) is 1.31. The van der Waals surface area contributed by atoms with Crippen LogP contribution in [0.15, 0.2) is 12.3 Å². The first-order valence-corrected chi connectivity index (χ1v) is 5.35. The third-order valence-electron chi connectivity index (χ3n) is 2.12. The summed E-state index contributed by atoms with van der Waals surface area (Å²) in [5, 5.41) is 11.1. The average molecular weight is 209 g/mol. The number of rotatable bonds is 7. The molecule has 0 aliphatic rings. The number of nitrogens with one attached hydrogen (secondary N) is 1. The lowest BCUT2D eigenvalue weighted by molar-refractivity contribution is 0.192. The van der Waals surface area contributed by atoms with Gasteiger partial charge in [-0.25, -0.2) is 0 Å². The number of anilines is 1. The van der Waals surface area contributed by atoms with Gasteiger partial charge in [-0.1, -0.05) is 0 Å². The Balaban J connectivity index is 2.10. The maximum absolute atomic E-state index is 4.98. The fourth-order valence-electron chi connectivity index (χ4n) is 1.31. The Morgan fingerprint density at radius 2 is 2.20 bits per heavy atom. The average Bonchev–Trinajstić information content (AvgIpc) is 2.23. The second-order valence-electron chi connectivity index (χ2n) is 3.60. The molecular weight excluding hydrogens is 190 g/mol. The van der Waals surface area contributed by atoms with Gasteiger partial charge >= 0.3 is 0 Å². The minimum absolute atomic E-state index is 0.851. The third-order valence-corrected chi connectivity index (χ3v) is 2.12. The molecule has 1 aromatic rings. The van der Waals surface area contributed by atoms with Crippen LogP contribution in [0.25, 0.3) is 0 Å². The molecule has 0 fully saturated rings. The largest absolute Gasteiger partial charge is 0.385 e. The van der Waals surface area contributed by atoms with Gasteiger partial charge in [-0.3, -0.25) is 0 Å². The van der Waals surface area contributed by atoms with E-state index >= 15 is 0 Å². The number of hydrogen-bond donors (Lipinski definition) is 1. The summed E-state index contributed by atoms with van der Waals surface area (Å²) in [7, 11) is 1.74. The zero-order chi connectivity index (χ0) is 10.9. The second kappa shape index (κ2) is 7.17. The predicted molar refractivity (Wildman–Crippen MR) is 61.0 cm³/mol. The summed E-state index contributed by atoms with van der Waals surface area (Å²) in [6.45, 7) is 3.81. The molecule has 0 unspecified atom stereocenters. The van der Waals surface area contributed by atoms with E-state index in [-0.39, 0.29) is 0 Å². The number of aryl methyl sites for hydroxylation is 1. The standard InChI is InChI=1S/C11H19N3O/c1-10-8-11(14-13-9-10)12-6-4-3-5-7-15-2/h8-9H,3-7H2,1-2H3,(H,12,14). The van der Waals surface area contributed by atoms with E-state index in [1.807, 2.05) is 13.0 Å². The van der Waals surface area contributed by atoms with E-state index in [1.54, 1.807) is 13.3 Å². The lowest BCUT2D eigenvalue weighted by Gasteiger charge is -2.04. The van der Waals surface area contributed by atoms with Crippen molar-refractivity contribution in [2.24, 2.45) is 0 Å². The molecule has 0 atom stereocenters. The van der Waals surface area contributed by atoms with Crippen molar-refractivity contribution >= 4 is 5.82 Å². The van der Waals surface area contributed by atoms with E-state index < -0.39 is 0 Å². The molecule has 1 heterocycles. The molecule has 0 radical (unpaired) electrons. The van der Waals surface area contributed by atoms with Crippen LogP contribution in [0.1, 0.15) is 24.8 Å². The summed E-state index contributed by atoms with van der Waals surface area (Å²) in [5.41, 5.74) is 1.13. The Bertz CT molecular complexity index is 278. The van der Waals surface area contributed by atoms with Crippen molar-refractivity contribution in [2.75, 3.05) is 25.6 Å². The molecule has 4 nitrogen and oxygen atoms in total. The number of aromatic nitrogens is 2. The van der Waals surface area contributed by atoms with Gasteiger partial charge in [0.15, 0.2) is 0 Å². The van der Waals surface area contributed by atoms with Gasteiger partial charge in [0.2, 0.25) is 0 Å². The molecule has 1 aromatic heterocycles. The van der Waals surface area contributed by atoms with E-state index in [9.17, 15) is 0 Å². The zero-order valence-corrected chi connectivity index (χ0v) is 9.49. The zero-order valence-electron chi connectivity index (χ0n) is 9.49. The number of ether oxygens (including phenoxy) is 1. The van der Waals surface area contributed by atoms with Crippen molar-refractivity contribution in [1.82, 2.24) is 10.2 Å². The monoisotopic (exact) mass is 209 g/mol. The van der Waals surface area contributed by atoms with Crippen molar-refractivity contribution in [2.45, 2.75) is 26.2 Å². The summed E-state index contributed by atoms with van der Waals surface area (Å²) in [5.74, 6) is 0.863. The Morgan fingerprint density at radius 3 is 2.93 bits per heavy atom. The fraction of sp³-hybridized carbons (Fsp3) is 0.636. The first-order valence-electron chi connectivity index (χ1n) is 5.35. The van der Waals surface area contributed by atoms with Crippen LogP contribution in [0, 0.1) is 6.92 Å². The predicted octanol–water partition coefficient (Wildman–Crippen LogP) is 2.01. The lowest BCUT2D eigenvalue weighted by atomic mass is 10.2. The normalized spacial score (nSPS) is 10.3. The Labute approximate surface area is 91.1 Å². The molecule has 0 aliphatic heterocycles. The van der Waals surface area contributed by atoms with Gasteiger partial charge in [0.05, 0.1) is 6.20 Å². The molecule has 4 heteroatoms. The molecule has 0 bridgehead atoms. The van der Waals surface area contributed by atoms with Crippen LogP contribution in [-0.4, -0.2) is 30.5 Å². The number of methoxy groups -OCH3 is 1. The highest BCUT2D eigenvalue weighted by atomic mass is 16.5. The van der Waals surface area contributed by atoms with Crippen molar-refractivity contribution in [3.63, 3.8) is 0 Å². The topological polar surface area (TPSA) is 47.0 Å². The van der Waals surface area contributed by atoms with Crippen molar-refractivity contribution < 1.29 is 4.74 Å². The van der Waals surface area contributed by atoms with Crippen LogP contribution in [0.2, 0.25) is 0 Å². The van der Waals surface area contributed by atoms with Crippen molar-refractivity contribution in [3.8, 4) is 0 Å². The van der Waals surface area contributed by atoms with Crippen molar-refractivity contribution in [3.05, 3.63) is 17.8 Å². The highest BCUT2D eigenvalue weighted by Gasteiger charge is 1.94. The maximum Gasteiger partial charge on any atom is 0.148 e. The van der Waals surface area contributed by atoms with E-state index in [0.717, 1.165) is 37.4 Å². The molecule has 1 rings (SSSR count). The van der Waals surface area contributed by atoms with Gasteiger partial charge in [0.25, 0.3) is 0 Å². The highest BCUT2D eigenvalue weighted by Crippen LogP contribution is 2.04. The Kier molecular flexibility index (Phi) is 5.70. The molecule has 0 aromatic carbocycles. The Hall–Kier alpha value is -1.16. The molecule has 84 valence electrons. The van der Waals surface area contributed by atoms with Crippen molar-refractivity contribution in [1.29, 1.82) is 0 Å². The van der Waals surface area contributed by atoms with Crippen LogP contribution >= 0.6 is 0 Å². The number of unbranched alkanes of at least 4 members (excludes halogenated alkanes) is 2. The molecule has 15 heavy (non-hydrogen) atoms. The van der Waals surface area contributed by atoms with Crippen LogP contribution in [-0.2, 0) is 4.74 Å². The molecule has 0 aliphatic carbocycles. The SMILES string of the molecule is COCCCCCNc1cc(C)cnn1. The summed E-state index contributed by atoms with van der Waals surface area (Å²) in [6.07, 6.45) is 5.19. The van der Waals surface area contributed by atoms with Gasteiger partial charge in [0.1, 0.15) is 5.82 Å². The van der Waals surface area contributed by atoms with Gasteiger partial charge < -0.3 is 10.1 Å². The molecule has 0 saturated carbocycles. The quantitative estimate of drug-likeness (QED) is 0.698. The summed E-state index contributed by atoms with van der Waals surface area (Å²) in [6, 6.07) is 2.00.